The molecule has 3 rings (SSSR count). The molecule has 1 aliphatic rings. The van der Waals surface area contributed by atoms with Crippen molar-refractivity contribution in [3.8, 4) is 0 Å². The fourth-order valence-electron chi connectivity index (χ4n) is 2.32. The van der Waals surface area contributed by atoms with Crippen LogP contribution in [0.2, 0.25) is 0 Å². The van der Waals surface area contributed by atoms with E-state index in [9.17, 15) is 0 Å². The Morgan fingerprint density at radius 3 is 2.89 bits per heavy atom. The number of rotatable bonds is 6. The maximum absolute atomic E-state index is 4.69. The molecule has 0 amide bonds. The summed E-state index contributed by atoms with van der Waals surface area (Å²) in [5.74, 6) is 1.69. The predicted molar refractivity (Wildman–Crippen MR) is 76.5 cm³/mol. The summed E-state index contributed by atoms with van der Waals surface area (Å²) in [6.07, 6.45) is 5.39. The summed E-state index contributed by atoms with van der Waals surface area (Å²) in [5, 5.41) is 11.3. The van der Waals surface area contributed by atoms with E-state index in [4.69, 9.17) is 0 Å². The summed E-state index contributed by atoms with van der Waals surface area (Å²) in [7, 11) is 0. The standard InChI is InChI=1S/C13H20N6/c1-3-7-14-13-16-11-10(8-15-18-11)12(17-13)19(4-2)9-5-6-9/h8-9H,3-7H2,1-2H3,(H2,14,15,16,17,18). The maximum Gasteiger partial charge on any atom is 0.226 e. The van der Waals surface area contributed by atoms with Crippen molar-refractivity contribution in [2.75, 3.05) is 23.3 Å². The minimum atomic E-state index is 0.636. The molecule has 6 heteroatoms. The second kappa shape index (κ2) is 5.03. The zero-order valence-electron chi connectivity index (χ0n) is 11.5. The highest BCUT2D eigenvalue weighted by molar-refractivity contribution is 5.87. The highest BCUT2D eigenvalue weighted by Gasteiger charge is 2.30. The molecule has 2 heterocycles. The Bertz CT molecular complexity index is 559. The third-order valence-corrected chi connectivity index (χ3v) is 3.42. The van der Waals surface area contributed by atoms with E-state index in [0.717, 1.165) is 36.4 Å². The molecule has 0 unspecified atom stereocenters. The second-order valence-electron chi connectivity index (χ2n) is 4.95. The monoisotopic (exact) mass is 260 g/mol. The summed E-state index contributed by atoms with van der Waals surface area (Å²) in [6, 6.07) is 0.636. The molecule has 2 aromatic heterocycles. The van der Waals surface area contributed by atoms with Crippen LogP contribution in [0.4, 0.5) is 11.8 Å². The lowest BCUT2D eigenvalue weighted by Gasteiger charge is -2.22. The highest BCUT2D eigenvalue weighted by Crippen LogP contribution is 2.33. The van der Waals surface area contributed by atoms with E-state index < -0.39 is 0 Å². The molecule has 0 aromatic carbocycles. The van der Waals surface area contributed by atoms with E-state index in [1.807, 2.05) is 6.20 Å². The minimum absolute atomic E-state index is 0.636. The molecule has 0 saturated heterocycles. The van der Waals surface area contributed by atoms with Crippen LogP contribution in [0.3, 0.4) is 0 Å². The summed E-state index contributed by atoms with van der Waals surface area (Å²) in [6.45, 7) is 6.15. The van der Waals surface area contributed by atoms with Crippen molar-refractivity contribution in [1.29, 1.82) is 0 Å². The van der Waals surface area contributed by atoms with Crippen LogP contribution in [-0.2, 0) is 0 Å². The molecule has 0 spiro atoms. The molecule has 1 fully saturated rings. The van der Waals surface area contributed by atoms with Gasteiger partial charge in [0.05, 0.1) is 11.6 Å². The quantitative estimate of drug-likeness (QED) is 0.833. The van der Waals surface area contributed by atoms with E-state index >= 15 is 0 Å². The normalized spacial score (nSPS) is 14.8. The first-order valence-electron chi connectivity index (χ1n) is 7.05. The fourth-order valence-corrected chi connectivity index (χ4v) is 2.32. The lowest BCUT2D eigenvalue weighted by molar-refractivity contribution is 0.810. The van der Waals surface area contributed by atoms with Gasteiger partial charge in [-0.1, -0.05) is 6.92 Å². The summed E-state index contributed by atoms with van der Waals surface area (Å²) >= 11 is 0. The van der Waals surface area contributed by atoms with Gasteiger partial charge in [0.1, 0.15) is 5.82 Å². The van der Waals surface area contributed by atoms with E-state index in [1.54, 1.807) is 0 Å². The topological polar surface area (TPSA) is 69.7 Å². The Hall–Kier alpha value is -1.85. The van der Waals surface area contributed by atoms with Crippen molar-refractivity contribution >= 4 is 22.8 Å². The maximum atomic E-state index is 4.69. The SMILES string of the molecule is CCCNc1nc(N(CC)C2CC2)c2cn[nH]c2n1. The van der Waals surface area contributed by atoms with E-state index in [0.29, 0.717) is 12.0 Å². The van der Waals surface area contributed by atoms with Gasteiger partial charge in [-0.15, -0.1) is 0 Å². The Kier molecular flexibility index (Phi) is 3.23. The zero-order chi connectivity index (χ0) is 13.2. The molecule has 2 N–H and O–H groups in total. The van der Waals surface area contributed by atoms with Crippen LogP contribution < -0.4 is 10.2 Å². The molecule has 1 saturated carbocycles. The Morgan fingerprint density at radius 1 is 1.37 bits per heavy atom. The van der Waals surface area contributed by atoms with Gasteiger partial charge in [-0.3, -0.25) is 5.10 Å². The molecule has 0 atom stereocenters. The molecule has 19 heavy (non-hydrogen) atoms. The van der Waals surface area contributed by atoms with E-state index in [2.05, 4.69) is 44.2 Å². The summed E-state index contributed by atoms with van der Waals surface area (Å²) in [5.41, 5.74) is 0.808. The van der Waals surface area contributed by atoms with Crippen LogP contribution in [0.25, 0.3) is 11.0 Å². The van der Waals surface area contributed by atoms with Gasteiger partial charge in [0.15, 0.2) is 5.65 Å². The fraction of sp³-hybridized carbons (Fsp3) is 0.615. The molecule has 102 valence electrons. The number of aromatic nitrogens is 4. The molecular formula is C13H20N6. The number of aromatic amines is 1. The van der Waals surface area contributed by atoms with Crippen molar-refractivity contribution in [3.63, 3.8) is 0 Å². The third-order valence-electron chi connectivity index (χ3n) is 3.42. The van der Waals surface area contributed by atoms with Crippen LogP contribution in [0.5, 0.6) is 0 Å². The van der Waals surface area contributed by atoms with Gasteiger partial charge in [-0.05, 0) is 26.2 Å². The van der Waals surface area contributed by atoms with Crippen molar-refractivity contribution < 1.29 is 0 Å². The van der Waals surface area contributed by atoms with Crippen molar-refractivity contribution in [2.45, 2.75) is 39.2 Å². The van der Waals surface area contributed by atoms with Gasteiger partial charge in [0, 0.05) is 19.1 Å². The second-order valence-corrected chi connectivity index (χ2v) is 4.95. The van der Waals surface area contributed by atoms with Gasteiger partial charge in [0.25, 0.3) is 0 Å². The predicted octanol–water partition coefficient (Wildman–Crippen LogP) is 2.16. The minimum Gasteiger partial charge on any atom is -0.354 e. The number of anilines is 2. The van der Waals surface area contributed by atoms with Crippen LogP contribution in [0.1, 0.15) is 33.1 Å². The molecular weight excluding hydrogens is 240 g/mol. The first kappa shape index (κ1) is 12.2. The van der Waals surface area contributed by atoms with Gasteiger partial charge in [-0.2, -0.15) is 15.1 Å². The summed E-state index contributed by atoms with van der Waals surface area (Å²) < 4.78 is 0. The largest absolute Gasteiger partial charge is 0.354 e. The number of hydrogen-bond donors (Lipinski definition) is 2. The number of nitrogens with zero attached hydrogens (tertiary/aromatic N) is 4. The smallest absolute Gasteiger partial charge is 0.226 e. The molecule has 1 aliphatic carbocycles. The molecule has 2 aromatic rings. The highest BCUT2D eigenvalue weighted by atomic mass is 15.3. The van der Waals surface area contributed by atoms with Gasteiger partial charge in [-0.25, -0.2) is 0 Å². The van der Waals surface area contributed by atoms with Crippen molar-refractivity contribution in [3.05, 3.63) is 6.20 Å². The molecule has 6 nitrogen and oxygen atoms in total. The van der Waals surface area contributed by atoms with Gasteiger partial charge < -0.3 is 10.2 Å². The number of fused-ring (bicyclic) bond motifs is 1. The third kappa shape index (κ3) is 2.34. The Morgan fingerprint density at radius 2 is 2.21 bits per heavy atom. The number of H-pyrrole nitrogens is 1. The lowest BCUT2D eigenvalue weighted by Crippen LogP contribution is -2.26. The van der Waals surface area contributed by atoms with Crippen LogP contribution in [0, 0.1) is 0 Å². The molecule has 0 radical (unpaired) electrons. The van der Waals surface area contributed by atoms with Crippen LogP contribution in [-0.4, -0.2) is 39.3 Å². The average molecular weight is 260 g/mol. The number of hydrogen-bond acceptors (Lipinski definition) is 5. The first-order chi connectivity index (χ1) is 9.33. The van der Waals surface area contributed by atoms with Gasteiger partial charge >= 0.3 is 0 Å². The van der Waals surface area contributed by atoms with E-state index in [1.165, 1.54) is 12.8 Å². The molecule has 0 bridgehead atoms. The molecule has 0 aliphatic heterocycles. The Labute approximate surface area is 112 Å². The van der Waals surface area contributed by atoms with Crippen molar-refractivity contribution in [2.24, 2.45) is 0 Å². The van der Waals surface area contributed by atoms with Crippen LogP contribution in [0.15, 0.2) is 6.20 Å². The first-order valence-corrected chi connectivity index (χ1v) is 7.05. The summed E-state index contributed by atoms with van der Waals surface area (Å²) in [4.78, 5) is 11.5. The van der Waals surface area contributed by atoms with Gasteiger partial charge in [0.2, 0.25) is 5.95 Å². The van der Waals surface area contributed by atoms with Crippen LogP contribution >= 0.6 is 0 Å². The van der Waals surface area contributed by atoms with Crippen molar-refractivity contribution in [1.82, 2.24) is 20.2 Å². The Balaban J connectivity index is 2.01. The number of nitrogens with one attached hydrogen (secondary N) is 2. The van der Waals surface area contributed by atoms with E-state index in [-0.39, 0.29) is 0 Å². The lowest BCUT2D eigenvalue weighted by atomic mass is 10.3. The zero-order valence-corrected chi connectivity index (χ0v) is 11.5. The average Bonchev–Trinajstić information content (AvgIpc) is 3.14.